The van der Waals surface area contributed by atoms with Crippen molar-refractivity contribution < 1.29 is 23.1 Å². The zero-order valence-electron chi connectivity index (χ0n) is 18.1. The lowest BCUT2D eigenvalue weighted by Crippen LogP contribution is -2.16. The van der Waals surface area contributed by atoms with Crippen molar-refractivity contribution in [2.75, 3.05) is 5.32 Å². The van der Waals surface area contributed by atoms with E-state index in [0.717, 1.165) is 17.7 Å². The standard InChI is InChI=1S/C24H17Cl2F3N4O2/c1-13-19(11-22(35)31-21-9-4-15(12-30-21)24(27,28)29)32-33(20-8-5-16(25)10-18(20)26)23(13)14-2-6-17(34)7-3-14/h2-10,12,34H,11H2,1H3,(H,30,31,35). The van der Waals surface area contributed by atoms with Gasteiger partial charge in [-0.3, -0.25) is 4.79 Å². The van der Waals surface area contributed by atoms with Crippen LogP contribution in [0.5, 0.6) is 5.75 Å². The summed E-state index contributed by atoms with van der Waals surface area (Å²) in [5, 5.41) is 17.5. The van der Waals surface area contributed by atoms with E-state index in [1.54, 1.807) is 41.9 Å². The molecule has 180 valence electrons. The number of nitrogens with zero attached hydrogens (tertiary/aromatic N) is 3. The Balaban J connectivity index is 1.67. The first-order valence-corrected chi connectivity index (χ1v) is 10.9. The number of phenolic OH excluding ortho intramolecular Hbond substituents is 1. The normalized spacial score (nSPS) is 11.5. The molecule has 2 N–H and O–H groups in total. The quantitative estimate of drug-likeness (QED) is 0.316. The number of nitrogens with one attached hydrogen (secondary N) is 1. The average molecular weight is 521 g/mol. The van der Waals surface area contributed by atoms with E-state index in [9.17, 15) is 23.1 Å². The summed E-state index contributed by atoms with van der Waals surface area (Å²) in [5.41, 5.74) is 2.07. The number of halogens is 5. The fourth-order valence-corrected chi connectivity index (χ4v) is 3.96. The molecule has 2 aromatic heterocycles. The number of hydrogen-bond donors (Lipinski definition) is 2. The fourth-order valence-electron chi connectivity index (χ4n) is 3.47. The van der Waals surface area contributed by atoms with Crippen molar-refractivity contribution in [1.82, 2.24) is 14.8 Å². The summed E-state index contributed by atoms with van der Waals surface area (Å²) in [4.78, 5) is 16.3. The van der Waals surface area contributed by atoms with Crippen molar-refractivity contribution in [3.8, 4) is 22.7 Å². The Labute approximate surface area is 207 Å². The summed E-state index contributed by atoms with van der Waals surface area (Å²) in [7, 11) is 0. The van der Waals surface area contributed by atoms with Crippen LogP contribution in [0, 0.1) is 6.92 Å². The Bertz CT molecular complexity index is 1390. The van der Waals surface area contributed by atoms with Crippen LogP contribution < -0.4 is 5.32 Å². The number of rotatable bonds is 5. The van der Waals surface area contributed by atoms with E-state index in [2.05, 4.69) is 15.4 Å². The Morgan fingerprint density at radius 3 is 2.40 bits per heavy atom. The Kier molecular flexibility index (Phi) is 6.73. The Hall–Kier alpha value is -3.56. The van der Waals surface area contributed by atoms with E-state index in [0.29, 0.717) is 38.9 Å². The third-order valence-electron chi connectivity index (χ3n) is 5.19. The second kappa shape index (κ2) is 9.59. The van der Waals surface area contributed by atoms with E-state index >= 15 is 0 Å². The summed E-state index contributed by atoms with van der Waals surface area (Å²) >= 11 is 12.4. The molecule has 0 saturated carbocycles. The number of phenols is 1. The summed E-state index contributed by atoms with van der Waals surface area (Å²) in [6.07, 6.45) is -4.04. The van der Waals surface area contributed by atoms with Crippen LogP contribution in [0.1, 0.15) is 16.8 Å². The van der Waals surface area contributed by atoms with Gasteiger partial charge in [-0.15, -0.1) is 0 Å². The largest absolute Gasteiger partial charge is 0.508 e. The molecule has 1 amide bonds. The third-order valence-corrected chi connectivity index (χ3v) is 5.72. The SMILES string of the molecule is Cc1c(CC(=O)Nc2ccc(C(F)(F)F)cn2)nn(-c2ccc(Cl)cc2Cl)c1-c1ccc(O)cc1. The van der Waals surface area contributed by atoms with Gasteiger partial charge in [-0.2, -0.15) is 18.3 Å². The Morgan fingerprint density at radius 2 is 1.80 bits per heavy atom. The summed E-state index contributed by atoms with van der Waals surface area (Å²) in [6, 6.07) is 13.3. The number of aromatic nitrogens is 3. The molecule has 0 saturated heterocycles. The number of benzene rings is 2. The highest BCUT2D eigenvalue weighted by Gasteiger charge is 2.30. The molecule has 4 rings (SSSR count). The van der Waals surface area contributed by atoms with Gasteiger partial charge in [0, 0.05) is 16.8 Å². The van der Waals surface area contributed by atoms with Crippen molar-refractivity contribution in [3.63, 3.8) is 0 Å². The molecule has 11 heteroatoms. The maximum Gasteiger partial charge on any atom is 0.417 e. The van der Waals surface area contributed by atoms with Crippen molar-refractivity contribution in [1.29, 1.82) is 0 Å². The maximum atomic E-state index is 12.7. The predicted molar refractivity (Wildman–Crippen MR) is 127 cm³/mol. The minimum atomic E-state index is -4.52. The number of hydrogen-bond acceptors (Lipinski definition) is 4. The molecule has 4 aromatic rings. The first kappa shape index (κ1) is 24.6. The fraction of sp³-hybridized carbons (Fsp3) is 0.125. The van der Waals surface area contributed by atoms with Crippen molar-refractivity contribution >= 4 is 34.9 Å². The van der Waals surface area contributed by atoms with E-state index in [1.165, 1.54) is 12.1 Å². The molecular formula is C24H17Cl2F3N4O2. The van der Waals surface area contributed by atoms with Crippen LogP contribution in [0.25, 0.3) is 16.9 Å². The van der Waals surface area contributed by atoms with Crippen LogP contribution in [0.4, 0.5) is 19.0 Å². The molecule has 0 aliphatic heterocycles. The Morgan fingerprint density at radius 1 is 1.09 bits per heavy atom. The first-order chi connectivity index (χ1) is 16.5. The highest BCUT2D eigenvalue weighted by atomic mass is 35.5. The van der Waals surface area contributed by atoms with Crippen molar-refractivity contribution in [2.45, 2.75) is 19.5 Å². The number of carbonyl (C=O) groups is 1. The molecule has 2 aromatic carbocycles. The lowest BCUT2D eigenvalue weighted by molar-refractivity contribution is -0.137. The van der Waals surface area contributed by atoms with Crippen LogP contribution >= 0.6 is 23.2 Å². The molecule has 0 radical (unpaired) electrons. The minimum Gasteiger partial charge on any atom is -0.508 e. The van der Waals surface area contributed by atoms with E-state index < -0.39 is 17.6 Å². The number of amides is 1. The predicted octanol–water partition coefficient (Wildman–Crippen LogP) is 6.46. The number of carbonyl (C=O) groups excluding carboxylic acids is 1. The molecule has 0 spiro atoms. The molecule has 6 nitrogen and oxygen atoms in total. The van der Waals surface area contributed by atoms with Crippen molar-refractivity contribution in [2.24, 2.45) is 0 Å². The second-order valence-corrected chi connectivity index (χ2v) is 8.47. The molecule has 35 heavy (non-hydrogen) atoms. The van der Waals surface area contributed by atoms with Crippen LogP contribution in [0.15, 0.2) is 60.8 Å². The van der Waals surface area contributed by atoms with Gasteiger partial charge in [0.05, 0.1) is 34.1 Å². The van der Waals surface area contributed by atoms with Gasteiger partial charge in [-0.1, -0.05) is 23.2 Å². The molecule has 0 unspecified atom stereocenters. The highest BCUT2D eigenvalue weighted by Crippen LogP contribution is 2.34. The monoisotopic (exact) mass is 520 g/mol. The molecule has 0 fully saturated rings. The lowest BCUT2D eigenvalue weighted by Gasteiger charge is -2.11. The number of pyridine rings is 1. The summed E-state index contributed by atoms with van der Waals surface area (Å²) in [5.74, 6) is -0.435. The minimum absolute atomic E-state index is 0.0143. The van der Waals surface area contributed by atoms with E-state index in [4.69, 9.17) is 23.2 Å². The first-order valence-electron chi connectivity index (χ1n) is 10.2. The van der Waals surface area contributed by atoms with E-state index in [-0.39, 0.29) is 18.0 Å². The molecule has 2 heterocycles. The van der Waals surface area contributed by atoms with Crippen molar-refractivity contribution in [3.05, 3.63) is 87.7 Å². The smallest absolute Gasteiger partial charge is 0.417 e. The molecule has 0 atom stereocenters. The highest BCUT2D eigenvalue weighted by molar-refractivity contribution is 6.35. The number of anilines is 1. The molecule has 0 bridgehead atoms. The van der Waals surface area contributed by atoms with Gasteiger partial charge in [0.15, 0.2) is 0 Å². The van der Waals surface area contributed by atoms with Gasteiger partial charge in [0.25, 0.3) is 0 Å². The number of alkyl halides is 3. The summed E-state index contributed by atoms with van der Waals surface area (Å²) < 4.78 is 39.8. The van der Waals surface area contributed by atoms with Gasteiger partial charge in [0.1, 0.15) is 11.6 Å². The van der Waals surface area contributed by atoms with Crippen LogP contribution in [0.3, 0.4) is 0 Å². The van der Waals surface area contributed by atoms with Gasteiger partial charge in [-0.05, 0) is 67.1 Å². The van der Waals surface area contributed by atoms with Gasteiger partial charge >= 0.3 is 6.18 Å². The average Bonchev–Trinajstić information content (AvgIpc) is 3.09. The third kappa shape index (κ3) is 5.41. The molecular weight excluding hydrogens is 504 g/mol. The van der Waals surface area contributed by atoms with Gasteiger partial charge in [-0.25, -0.2) is 9.67 Å². The lowest BCUT2D eigenvalue weighted by atomic mass is 10.0. The van der Waals surface area contributed by atoms with Gasteiger partial charge < -0.3 is 10.4 Å². The summed E-state index contributed by atoms with van der Waals surface area (Å²) in [6.45, 7) is 1.79. The van der Waals surface area contributed by atoms with E-state index in [1.807, 2.05) is 0 Å². The number of aromatic hydroxyl groups is 1. The topological polar surface area (TPSA) is 80.0 Å². The second-order valence-electron chi connectivity index (χ2n) is 7.63. The van der Waals surface area contributed by atoms with Crippen LogP contribution in [-0.2, 0) is 17.4 Å². The van der Waals surface area contributed by atoms with Gasteiger partial charge in [0.2, 0.25) is 5.91 Å². The maximum absolute atomic E-state index is 12.7. The molecule has 0 aliphatic carbocycles. The van der Waals surface area contributed by atoms with Crippen LogP contribution in [-0.4, -0.2) is 25.8 Å². The molecule has 0 aliphatic rings. The zero-order valence-corrected chi connectivity index (χ0v) is 19.6. The zero-order chi connectivity index (χ0) is 25.3. The van der Waals surface area contributed by atoms with Crippen LogP contribution in [0.2, 0.25) is 10.0 Å².